The number of allylic oxidation sites excluding steroid dienone is 1. The van der Waals surface area contributed by atoms with Crippen LogP contribution in [0.5, 0.6) is 0 Å². The highest BCUT2D eigenvalue weighted by molar-refractivity contribution is 5.39. The maximum Gasteiger partial charge on any atom is 0.133 e. The molecule has 0 heterocycles. The van der Waals surface area contributed by atoms with E-state index in [0.717, 1.165) is 37.7 Å². The standard InChI is InChI=1S/C25H36F4/c1-3-7-18(4-2)8-5-9-19-11-12-22-21(16-19)17-23(28)24(25(22)29)20(13-15-27)10-6-14-26/h4,17-20H,2-3,5-16H2,1H3. The topological polar surface area (TPSA) is 0 Å². The zero-order valence-electron chi connectivity index (χ0n) is 17.8. The van der Waals surface area contributed by atoms with Crippen LogP contribution in [0.1, 0.15) is 87.3 Å². The van der Waals surface area contributed by atoms with E-state index in [4.69, 9.17) is 0 Å². The maximum atomic E-state index is 15.2. The van der Waals surface area contributed by atoms with Crippen molar-refractivity contribution in [2.75, 3.05) is 13.3 Å². The molecule has 29 heavy (non-hydrogen) atoms. The number of alkyl halides is 2. The highest BCUT2D eigenvalue weighted by Crippen LogP contribution is 2.37. The molecule has 0 fully saturated rings. The highest BCUT2D eigenvalue weighted by Gasteiger charge is 2.28. The Labute approximate surface area is 173 Å². The van der Waals surface area contributed by atoms with E-state index in [2.05, 4.69) is 13.5 Å². The first-order valence-corrected chi connectivity index (χ1v) is 11.3. The SMILES string of the molecule is C=CC(CCC)CCCC1CCc2c(cc(F)c(C(CCF)CCCF)c2F)C1. The lowest BCUT2D eigenvalue weighted by atomic mass is 9.78. The van der Waals surface area contributed by atoms with E-state index >= 15 is 4.39 Å². The summed E-state index contributed by atoms with van der Waals surface area (Å²) in [6, 6.07) is 1.46. The van der Waals surface area contributed by atoms with Crippen molar-refractivity contribution < 1.29 is 17.6 Å². The van der Waals surface area contributed by atoms with Crippen molar-refractivity contribution >= 4 is 0 Å². The Morgan fingerprint density at radius 3 is 2.55 bits per heavy atom. The van der Waals surface area contributed by atoms with Crippen LogP contribution in [0.3, 0.4) is 0 Å². The zero-order chi connectivity index (χ0) is 21.2. The van der Waals surface area contributed by atoms with Crippen LogP contribution in [0, 0.1) is 23.5 Å². The minimum Gasteiger partial charge on any atom is -0.251 e. The van der Waals surface area contributed by atoms with Gasteiger partial charge in [-0.25, -0.2) is 8.78 Å². The summed E-state index contributed by atoms with van der Waals surface area (Å²) in [6.45, 7) is 4.90. The Morgan fingerprint density at radius 2 is 1.90 bits per heavy atom. The van der Waals surface area contributed by atoms with Gasteiger partial charge in [0.05, 0.1) is 13.3 Å². The summed E-state index contributed by atoms with van der Waals surface area (Å²) in [5.74, 6) is -0.676. The Kier molecular flexibility index (Phi) is 10.2. The molecule has 0 saturated heterocycles. The van der Waals surface area contributed by atoms with Crippen LogP contribution in [0.4, 0.5) is 17.6 Å². The van der Waals surface area contributed by atoms with Crippen LogP contribution in [0.15, 0.2) is 18.7 Å². The predicted octanol–water partition coefficient (Wildman–Crippen LogP) is 8.04. The third kappa shape index (κ3) is 6.58. The number of hydrogen-bond donors (Lipinski definition) is 0. The third-order valence-electron chi connectivity index (χ3n) is 6.49. The number of hydrogen-bond acceptors (Lipinski definition) is 0. The van der Waals surface area contributed by atoms with Gasteiger partial charge in [0.25, 0.3) is 0 Å². The minimum absolute atomic E-state index is 0.0262. The van der Waals surface area contributed by atoms with Crippen molar-refractivity contribution in [3.8, 4) is 0 Å². The van der Waals surface area contributed by atoms with E-state index in [1.165, 1.54) is 12.5 Å². The molecule has 0 aromatic heterocycles. The monoisotopic (exact) mass is 412 g/mol. The van der Waals surface area contributed by atoms with Crippen molar-refractivity contribution in [1.29, 1.82) is 0 Å². The lowest BCUT2D eigenvalue weighted by Gasteiger charge is -2.28. The molecule has 1 aliphatic rings. The van der Waals surface area contributed by atoms with Crippen molar-refractivity contribution in [3.63, 3.8) is 0 Å². The normalized spacial score (nSPS) is 18.3. The van der Waals surface area contributed by atoms with Gasteiger partial charge in [-0.05, 0) is 86.3 Å². The zero-order valence-corrected chi connectivity index (χ0v) is 17.8. The summed E-state index contributed by atoms with van der Waals surface area (Å²) in [6.07, 6.45) is 10.4. The average Bonchev–Trinajstić information content (AvgIpc) is 2.71. The Balaban J connectivity index is 2.07. The van der Waals surface area contributed by atoms with Gasteiger partial charge in [-0.3, -0.25) is 8.78 Å². The molecule has 1 aromatic rings. The van der Waals surface area contributed by atoms with Crippen LogP contribution in [0.2, 0.25) is 0 Å². The molecule has 0 radical (unpaired) electrons. The number of halogens is 4. The molecular formula is C25H36F4. The Morgan fingerprint density at radius 1 is 1.10 bits per heavy atom. The average molecular weight is 413 g/mol. The maximum absolute atomic E-state index is 15.2. The second-order valence-electron chi connectivity index (χ2n) is 8.55. The van der Waals surface area contributed by atoms with Crippen molar-refractivity contribution in [1.82, 2.24) is 0 Å². The molecule has 3 unspecified atom stereocenters. The summed E-state index contributed by atoms with van der Waals surface area (Å²) >= 11 is 0. The summed E-state index contributed by atoms with van der Waals surface area (Å²) < 4.78 is 55.4. The molecule has 0 nitrogen and oxygen atoms in total. The fourth-order valence-corrected chi connectivity index (χ4v) is 4.87. The third-order valence-corrected chi connectivity index (χ3v) is 6.49. The largest absolute Gasteiger partial charge is 0.251 e. The first kappa shape index (κ1) is 24.0. The van der Waals surface area contributed by atoms with Gasteiger partial charge in [0.1, 0.15) is 11.6 Å². The van der Waals surface area contributed by atoms with Crippen molar-refractivity contribution in [3.05, 3.63) is 47.0 Å². The van der Waals surface area contributed by atoms with E-state index in [-0.39, 0.29) is 24.8 Å². The molecule has 4 heteroatoms. The Bertz CT molecular complexity index is 640. The Hall–Kier alpha value is -1.32. The van der Waals surface area contributed by atoms with Gasteiger partial charge in [0.2, 0.25) is 0 Å². The lowest BCUT2D eigenvalue weighted by molar-refractivity contribution is 0.369. The second-order valence-corrected chi connectivity index (χ2v) is 8.55. The molecule has 1 aromatic carbocycles. The molecule has 0 saturated carbocycles. The lowest BCUT2D eigenvalue weighted by Crippen LogP contribution is -2.19. The molecular weight excluding hydrogens is 376 g/mol. The van der Waals surface area contributed by atoms with E-state index in [1.807, 2.05) is 6.08 Å². The number of fused-ring (bicyclic) bond motifs is 1. The van der Waals surface area contributed by atoms with Crippen LogP contribution >= 0.6 is 0 Å². The first-order valence-electron chi connectivity index (χ1n) is 11.3. The molecule has 1 aliphatic carbocycles. The summed E-state index contributed by atoms with van der Waals surface area (Å²) in [7, 11) is 0. The van der Waals surface area contributed by atoms with Gasteiger partial charge >= 0.3 is 0 Å². The molecule has 3 atom stereocenters. The van der Waals surface area contributed by atoms with Crippen LogP contribution in [0.25, 0.3) is 0 Å². The van der Waals surface area contributed by atoms with Gasteiger partial charge in [-0.1, -0.05) is 32.3 Å². The molecule has 164 valence electrons. The van der Waals surface area contributed by atoms with Gasteiger partial charge in [0.15, 0.2) is 0 Å². The van der Waals surface area contributed by atoms with Gasteiger partial charge in [0, 0.05) is 5.56 Å². The number of rotatable bonds is 13. The van der Waals surface area contributed by atoms with Crippen molar-refractivity contribution in [2.45, 2.75) is 83.5 Å². The quantitative estimate of drug-likeness (QED) is 0.227. The molecule has 0 amide bonds. The van der Waals surface area contributed by atoms with Gasteiger partial charge < -0.3 is 0 Å². The number of benzene rings is 1. The smallest absolute Gasteiger partial charge is 0.133 e. The van der Waals surface area contributed by atoms with Crippen molar-refractivity contribution in [2.24, 2.45) is 11.8 Å². The highest BCUT2D eigenvalue weighted by atomic mass is 19.1. The van der Waals surface area contributed by atoms with Crippen LogP contribution in [-0.2, 0) is 12.8 Å². The van der Waals surface area contributed by atoms with Gasteiger partial charge in [-0.2, -0.15) is 0 Å². The summed E-state index contributed by atoms with van der Waals surface area (Å²) in [5.41, 5.74) is 1.33. The van der Waals surface area contributed by atoms with E-state index in [1.54, 1.807) is 0 Å². The second kappa shape index (κ2) is 12.4. The fourth-order valence-electron chi connectivity index (χ4n) is 4.87. The first-order chi connectivity index (χ1) is 14.0. The predicted molar refractivity (Wildman–Crippen MR) is 113 cm³/mol. The minimum atomic E-state index is -0.654. The summed E-state index contributed by atoms with van der Waals surface area (Å²) in [4.78, 5) is 0. The van der Waals surface area contributed by atoms with E-state index < -0.39 is 30.9 Å². The van der Waals surface area contributed by atoms with Crippen LogP contribution in [-0.4, -0.2) is 13.3 Å². The molecule has 0 bridgehead atoms. The fraction of sp³-hybridized carbons (Fsp3) is 0.680. The molecule has 0 N–H and O–H groups in total. The van der Waals surface area contributed by atoms with Gasteiger partial charge in [-0.15, -0.1) is 6.58 Å². The van der Waals surface area contributed by atoms with E-state index in [9.17, 15) is 13.2 Å². The van der Waals surface area contributed by atoms with Crippen LogP contribution < -0.4 is 0 Å². The molecule has 0 spiro atoms. The summed E-state index contributed by atoms with van der Waals surface area (Å²) in [5, 5.41) is 0. The molecule has 2 rings (SSSR count). The molecule has 0 aliphatic heterocycles. The van der Waals surface area contributed by atoms with E-state index in [0.29, 0.717) is 30.2 Å².